The highest BCUT2D eigenvalue weighted by molar-refractivity contribution is 5.72. The van der Waals surface area contributed by atoms with Gasteiger partial charge in [-0.1, -0.05) is 0 Å². The molecule has 0 aliphatic carbocycles. The first kappa shape index (κ1) is 9.40. The first-order chi connectivity index (χ1) is 6.81. The van der Waals surface area contributed by atoms with E-state index in [-0.39, 0.29) is 0 Å². The van der Waals surface area contributed by atoms with Gasteiger partial charge in [0.2, 0.25) is 0 Å². The fourth-order valence-electron chi connectivity index (χ4n) is 1.81. The normalized spacial score (nSPS) is 18.4. The third-order valence-electron chi connectivity index (χ3n) is 2.70. The van der Waals surface area contributed by atoms with E-state index in [1.165, 1.54) is 0 Å². The van der Waals surface area contributed by atoms with E-state index in [9.17, 15) is 4.79 Å². The minimum Gasteiger partial charge on any atom is -0.381 e. The third kappa shape index (κ3) is 1.70. The summed E-state index contributed by atoms with van der Waals surface area (Å²) in [6, 6.07) is 1.88. The Morgan fingerprint density at radius 2 is 2.29 bits per heavy atom. The lowest BCUT2D eigenvalue weighted by atomic mass is 9.97. The maximum atomic E-state index is 10.6. The van der Waals surface area contributed by atoms with Crippen LogP contribution >= 0.6 is 0 Å². The van der Waals surface area contributed by atoms with Gasteiger partial charge in [-0.05, 0) is 18.9 Å². The van der Waals surface area contributed by atoms with E-state index in [1.807, 2.05) is 6.07 Å². The van der Waals surface area contributed by atoms with Crippen molar-refractivity contribution in [3.8, 4) is 0 Å². The van der Waals surface area contributed by atoms with Crippen molar-refractivity contribution < 1.29 is 9.53 Å². The van der Waals surface area contributed by atoms with Crippen LogP contribution in [-0.2, 0) is 11.8 Å². The van der Waals surface area contributed by atoms with Crippen molar-refractivity contribution in [1.29, 1.82) is 0 Å². The van der Waals surface area contributed by atoms with Crippen molar-refractivity contribution in [1.82, 2.24) is 9.78 Å². The second-order valence-corrected chi connectivity index (χ2v) is 3.62. The zero-order valence-corrected chi connectivity index (χ0v) is 8.27. The molecule has 0 amide bonds. The van der Waals surface area contributed by atoms with E-state index in [1.54, 1.807) is 11.7 Å². The first-order valence-corrected chi connectivity index (χ1v) is 4.88. The standard InChI is InChI=1S/C10H14N2O2/c1-12-9(7-13)6-10(11-12)8-2-4-14-5-3-8/h6-8H,2-5H2,1H3. The van der Waals surface area contributed by atoms with Crippen LogP contribution in [0.2, 0.25) is 0 Å². The predicted molar refractivity (Wildman–Crippen MR) is 51.4 cm³/mol. The molecule has 0 saturated carbocycles. The molecule has 1 aromatic rings. The smallest absolute Gasteiger partial charge is 0.168 e. The van der Waals surface area contributed by atoms with Gasteiger partial charge in [-0.25, -0.2) is 0 Å². The molecule has 0 bridgehead atoms. The van der Waals surface area contributed by atoms with Crippen molar-refractivity contribution >= 4 is 6.29 Å². The average Bonchev–Trinajstić information content (AvgIpc) is 2.61. The maximum absolute atomic E-state index is 10.6. The molecule has 2 heterocycles. The topological polar surface area (TPSA) is 44.1 Å². The number of ether oxygens (including phenoxy) is 1. The molecule has 0 unspecified atom stereocenters. The molecule has 4 nitrogen and oxygen atoms in total. The van der Waals surface area contributed by atoms with Crippen molar-refractivity contribution in [2.75, 3.05) is 13.2 Å². The second-order valence-electron chi connectivity index (χ2n) is 3.62. The van der Waals surface area contributed by atoms with Gasteiger partial charge in [0.15, 0.2) is 6.29 Å². The van der Waals surface area contributed by atoms with Crippen LogP contribution in [0.4, 0.5) is 0 Å². The molecule has 0 radical (unpaired) electrons. The number of hydrogen-bond donors (Lipinski definition) is 0. The molecule has 0 atom stereocenters. The Kier molecular flexibility index (Phi) is 2.63. The third-order valence-corrected chi connectivity index (χ3v) is 2.70. The Hall–Kier alpha value is -1.16. The first-order valence-electron chi connectivity index (χ1n) is 4.88. The Bertz CT molecular complexity index is 327. The summed E-state index contributed by atoms with van der Waals surface area (Å²) in [4.78, 5) is 10.6. The number of carbonyl (C=O) groups is 1. The second kappa shape index (κ2) is 3.92. The highest BCUT2D eigenvalue weighted by Crippen LogP contribution is 2.25. The summed E-state index contributed by atoms with van der Waals surface area (Å²) in [5, 5.41) is 4.34. The summed E-state index contributed by atoms with van der Waals surface area (Å²) in [5.74, 6) is 0.462. The van der Waals surface area contributed by atoms with Crippen LogP contribution in [0.1, 0.15) is 34.9 Å². The van der Waals surface area contributed by atoms with Gasteiger partial charge in [-0.3, -0.25) is 9.48 Å². The van der Waals surface area contributed by atoms with E-state index in [0.29, 0.717) is 11.6 Å². The van der Waals surface area contributed by atoms with Crippen LogP contribution in [0.15, 0.2) is 6.07 Å². The highest BCUT2D eigenvalue weighted by atomic mass is 16.5. The number of rotatable bonds is 2. The summed E-state index contributed by atoms with van der Waals surface area (Å²) < 4.78 is 6.92. The summed E-state index contributed by atoms with van der Waals surface area (Å²) >= 11 is 0. The molecule has 0 aromatic carbocycles. The minimum atomic E-state index is 0.462. The Labute approximate surface area is 82.9 Å². The van der Waals surface area contributed by atoms with Crippen molar-refractivity contribution in [2.45, 2.75) is 18.8 Å². The summed E-state index contributed by atoms with van der Waals surface area (Å²) in [6.07, 6.45) is 2.86. The van der Waals surface area contributed by atoms with Gasteiger partial charge >= 0.3 is 0 Å². The molecular weight excluding hydrogens is 180 g/mol. The number of aromatic nitrogens is 2. The maximum Gasteiger partial charge on any atom is 0.168 e. The predicted octanol–water partition coefficient (Wildman–Crippen LogP) is 1.13. The van der Waals surface area contributed by atoms with Crippen molar-refractivity contribution in [3.63, 3.8) is 0 Å². The quantitative estimate of drug-likeness (QED) is 0.663. The molecule has 1 fully saturated rings. The van der Waals surface area contributed by atoms with Gasteiger partial charge < -0.3 is 4.74 Å². The van der Waals surface area contributed by atoms with Crippen molar-refractivity contribution in [3.05, 3.63) is 17.5 Å². The van der Waals surface area contributed by atoms with Gasteiger partial charge in [0, 0.05) is 26.2 Å². The van der Waals surface area contributed by atoms with Crippen molar-refractivity contribution in [2.24, 2.45) is 7.05 Å². The summed E-state index contributed by atoms with van der Waals surface area (Å²) in [5.41, 5.74) is 1.67. The Balaban J connectivity index is 2.18. The molecule has 4 heteroatoms. The van der Waals surface area contributed by atoms with E-state index < -0.39 is 0 Å². The molecule has 1 saturated heterocycles. The highest BCUT2D eigenvalue weighted by Gasteiger charge is 2.19. The van der Waals surface area contributed by atoms with Crippen LogP contribution in [-0.4, -0.2) is 29.3 Å². The molecule has 1 aromatic heterocycles. The molecule has 2 rings (SSSR count). The fourth-order valence-corrected chi connectivity index (χ4v) is 1.81. The number of hydrogen-bond acceptors (Lipinski definition) is 3. The molecular formula is C10H14N2O2. The lowest BCUT2D eigenvalue weighted by molar-refractivity contribution is 0.0844. The molecule has 0 N–H and O–H groups in total. The van der Waals surface area contributed by atoms with Crippen LogP contribution in [0.25, 0.3) is 0 Å². The van der Waals surface area contributed by atoms with Gasteiger partial charge in [0.25, 0.3) is 0 Å². The Morgan fingerprint density at radius 1 is 1.57 bits per heavy atom. The zero-order chi connectivity index (χ0) is 9.97. The van der Waals surface area contributed by atoms with E-state index >= 15 is 0 Å². The van der Waals surface area contributed by atoms with Gasteiger partial charge in [0.1, 0.15) is 5.69 Å². The summed E-state index contributed by atoms with van der Waals surface area (Å²) in [6.45, 7) is 1.61. The van der Waals surface area contributed by atoms with E-state index in [0.717, 1.165) is 38.0 Å². The average molecular weight is 194 g/mol. The monoisotopic (exact) mass is 194 g/mol. The van der Waals surface area contributed by atoms with Gasteiger partial charge in [-0.2, -0.15) is 5.10 Å². The fraction of sp³-hybridized carbons (Fsp3) is 0.600. The zero-order valence-electron chi connectivity index (χ0n) is 8.27. The molecule has 1 aliphatic heterocycles. The Morgan fingerprint density at radius 3 is 2.86 bits per heavy atom. The van der Waals surface area contributed by atoms with Crippen LogP contribution in [0, 0.1) is 0 Å². The van der Waals surface area contributed by atoms with Crippen LogP contribution in [0.5, 0.6) is 0 Å². The van der Waals surface area contributed by atoms with Gasteiger partial charge in [0.05, 0.1) is 5.69 Å². The lowest BCUT2D eigenvalue weighted by Gasteiger charge is -2.19. The molecule has 1 aliphatic rings. The summed E-state index contributed by atoms with van der Waals surface area (Å²) in [7, 11) is 1.80. The van der Waals surface area contributed by atoms with Gasteiger partial charge in [-0.15, -0.1) is 0 Å². The number of carbonyl (C=O) groups excluding carboxylic acids is 1. The minimum absolute atomic E-state index is 0.462. The molecule has 0 spiro atoms. The van der Waals surface area contributed by atoms with Crippen LogP contribution < -0.4 is 0 Å². The number of aldehydes is 1. The lowest BCUT2D eigenvalue weighted by Crippen LogP contribution is -2.14. The largest absolute Gasteiger partial charge is 0.381 e. The van der Waals surface area contributed by atoms with Crippen LogP contribution in [0.3, 0.4) is 0 Å². The SMILES string of the molecule is Cn1nc(C2CCOCC2)cc1C=O. The molecule has 76 valence electrons. The number of nitrogens with zero attached hydrogens (tertiary/aromatic N) is 2. The van der Waals surface area contributed by atoms with E-state index in [4.69, 9.17) is 4.74 Å². The molecule has 14 heavy (non-hydrogen) atoms. The van der Waals surface area contributed by atoms with E-state index in [2.05, 4.69) is 5.10 Å². The number of aryl methyl sites for hydroxylation is 1.